The van der Waals surface area contributed by atoms with Crippen LogP contribution in [0.25, 0.3) is 5.76 Å². The maximum atomic E-state index is 14.7. The third-order valence-corrected chi connectivity index (χ3v) is 5.61. The zero-order chi connectivity index (χ0) is 25.4. The molecule has 0 spiro atoms. The largest absolute Gasteiger partial charge is 0.507 e. The first-order valence-electron chi connectivity index (χ1n) is 10.9. The Balaban J connectivity index is 1.92. The number of aryl methyl sites for hydroxylation is 1. The van der Waals surface area contributed by atoms with Crippen LogP contribution in [-0.2, 0) is 9.59 Å². The van der Waals surface area contributed by atoms with Crippen molar-refractivity contribution in [3.8, 4) is 5.75 Å². The standard InChI is InChI=1S/C27H22F3NO4/c1-14(2)35-22-11-6-17(12-15(22)3)25(32)23-24(16-4-7-18(28)8-5-16)31(27(34)26(23)33)21-13-19(29)9-10-20(21)30/h4-14,24,32H,1-3H3/b25-23+. The summed E-state index contributed by atoms with van der Waals surface area (Å²) >= 11 is 0. The van der Waals surface area contributed by atoms with Crippen LogP contribution in [0.4, 0.5) is 18.9 Å². The molecule has 3 aromatic carbocycles. The fourth-order valence-electron chi connectivity index (χ4n) is 4.05. The van der Waals surface area contributed by atoms with Gasteiger partial charge in [-0.25, -0.2) is 13.2 Å². The summed E-state index contributed by atoms with van der Waals surface area (Å²) in [7, 11) is 0. The van der Waals surface area contributed by atoms with Crippen LogP contribution in [0.5, 0.6) is 5.75 Å². The van der Waals surface area contributed by atoms with E-state index in [-0.39, 0.29) is 22.8 Å². The first-order valence-corrected chi connectivity index (χ1v) is 10.9. The molecule has 1 fully saturated rings. The quantitative estimate of drug-likeness (QED) is 0.283. The van der Waals surface area contributed by atoms with Gasteiger partial charge < -0.3 is 9.84 Å². The predicted molar refractivity (Wildman–Crippen MR) is 124 cm³/mol. The van der Waals surface area contributed by atoms with Crippen LogP contribution in [0.15, 0.2) is 66.2 Å². The zero-order valence-corrected chi connectivity index (χ0v) is 19.2. The molecule has 1 amide bonds. The van der Waals surface area contributed by atoms with Crippen molar-refractivity contribution in [1.82, 2.24) is 0 Å². The summed E-state index contributed by atoms with van der Waals surface area (Å²) in [6.07, 6.45) is -0.0851. The topological polar surface area (TPSA) is 66.8 Å². The zero-order valence-electron chi connectivity index (χ0n) is 19.2. The number of hydrogen-bond acceptors (Lipinski definition) is 4. The molecule has 35 heavy (non-hydrogen) atoms. The van der Waals surface area contributed by atoms with Crippen molar-refractivity contribution >= 4 is 23.1 Å². The molecule has 180 valence electrons. The number of amides is 1. The Morgan fingerprint density at radius 1 is 0.943 bits per heavy atom. The van der Waals surface area contributed by atoms with Crippen LogP contribution in [0.2, 0.25) is 0 Å². The van der Waals surface area contributed by atoms with Gasteiger partial charge in [-0.2, -0.15) is 0 Å². The van der Waals surface area contributed by atoms with Gasteiger partial charge >= 0.3 is 0 Å². The number of ketones is 1. The number of aliphatic hydroxyl groups is 1. The first kappa shape index (κ1) is 24.1. The highest BCUT2D eigenvalue weighted by Gasteiger charge is 2.47. The number of halogens is 3. The van der Waals surface area contributed by atoms with Crippen molar-refractivity contribution in [2.24, 2.45) is 0 Å². The fraction of sp³-hybridized carbons (Fsp3) is 0.185. The van der Waals surface area contributed by atoms with Crippen molar-refractivity contribution in [3.05, 3.63) is 100 Å². The van der Waals surface area contributed by atoms with E-state index in [9.17, 15) is 27.9 Å². The lowest BCUT2D eigenvalue weighted by molar-refractivity contribution is -0.132. The van der Waals surface area contributed by atoms with E-state index >= 15 is 0 Å². The number of Topliss-reactive ketones (excluding diaryl/α,β-unsaturated/α-hetero) is 1. The minimum atomic E-state index is -1.32. The Kier molecular flexibility index (Phi) is 6.39. The molecule has 4 rings (SSSR count). The van der Waals surface area contributed by atoms with Crippen molar-refractivity contribution in [3.63, 3.8) is 0 Å². The van der Waals surface area contributed by atoms with Crippen LogP contribution in [0.1, 0.15) is 36.6 Å². The summed E-state index contributed by atoms with van der Waals surface area (Å²) in [4.78, 5) is 27.0. The molecule has 1 N–H and O–H groups in total. The number of rotatable bonds is 5. The predicted octanol–water partition coefficient (Wildman–Crippen LogP) is 5.83. The van der Waals surface area contributed by atoms with Crippen molar-refractivity contribution in [2.45, 2.75) is 32.9 Å². The lowest BCUT2D eigenvalue weighted by atomic mass is 9.94. The highest BCUT2D eigenvalue weighted by atomic mass is 19.1. The summed E-state index contributed by atoms with van der Waals surface area (Å²) in [6, 6.07) is 10.8. The highest BCUT2D eigenvalue weighted by Crippen LogP contribution is 2.43. The maximum absolute atomic E-state index is 14.7. The molecular formula is C27H22F3NO4. The summed E-state index contributed by atoms with van der Waals surface area (Å²) in [5.41, 5.74) is 0.321. The van der Waals surface area contributed by atoms with Gasteiger partial charge in [-0.3, -0.25) is 14.5 Å². The SMILES string of the molecule is Cc1cc(/C(O)=C2\C(=O)C(=O)N(c3cc(F)ccc3F)C2c2ccc(F)cc2)ccc1OC(C)C. The van der Waals surface area contributed by atoms with Crippen molar-refractivity contribution in [2.75, 3.05) is 4.90 Å². The minimum Gasteiger partial charge on any atom is -0.507 e. The van der Waals surface area contributed by atoms with E-state index in [4.69, 9.17) is 4.74 Å². The lowest BCUT2D eigenvalue weighted by Crippen LogP contribution is -2.30. The number of aliphatic hydroxyl groups excluding tert-OH is 1. The van der Waals surface area contributed by atoms with E-state index < -0.39 is 46.6 Å². The summed E-state index contributed by atoms with van der Waals surface area (Å²) < 4.78 is 48.0. The third kappa shape index (κ3) is 4.51. The van der Waals surface area contributed by atoms with Gasteiger partial charge in [-0.1, -0.05) is 12.1 Å². The highest BCUT2D eigenvalue weighted by molar-refractivity contribution is 6.51. The monoisotopic (exact) mass is 481 g/mol. The summed E-state index contributed by atoms with van der Waals surface area (Å²) in [6.45, 7) is 5.48. The summed E-state index contributed by atoms with van der Waals surface area (Å²) in [5.74, 6) is -4.49. The van der Waals surface area contributed by atoms with Gasteiger partial charge in [0.05, 0.1) is 23.4 Å². The van der Waals surface area contributed by atoms with Gasteiger partial charge in [0.25, 0.3) is 11.7 Å². The minimum absolute atomic E-state index is 0.0851. The number of carbonyl (C=O) groups excluding carboxylic acids is 2. The average Bonchev–Trinajstić information content (AvgIpc) is 3.07. The van der Waals surface area contributed by atoms with Crippen LogP contribution < -0.4 is 9.64 Å². The van der Waals surface area contributed by atoms with Gasteiger partial charge in [0.15, 0.2) is 0 Å². The number of nitrogens with zero attached hydrogens (tertiary/aromatic N) is 1. The maximum Gasteiger partial charge on any atom is 0.300 e. The smallest absolute Gasteiger partial charge is 0.300 e. The van der Waals surface area contributed by atoms with Gasteiger partial charge in [0.2, 0.25) is 0 Å². The molecule has 3 aromatic rings. The molecule has 8 heteroatoms. The molecule has 1 aliphatic heterocycles. The Morgan fingerprint density at radius 2 is 1.60 bits per heavy atom. The number of hydrogen-bond donors (Lipinski definition) is 1. The molecule has 0 radical (unpaired) electrons. The van der Waals surface area contributed by atoms with Gasteiger partial charge in [0, 0.05) is 11.6 Å². The average molecular weight is 481 g/mol. The van der Waals surface area contributed by atoms with E-state index in [1.807, 2.05) is 13.8 Å². The lowest BCUT2D eigenvalue weighted by Gasteiger charge is -2.26. The van der Waals surface area contributed by atoms with Crippen LogP contribution in [0, 0.1) is 24.4 Å². The molecule has 1 aliphatic rings. The number of anilines is 1. The normalized spacial score (nSPS) is 17.3. The molecule has 0 saturated carbocycles. The molecule has 0 aliphatic carbocycles. The van der Waals surface area contributed by atoms with Gasteiger partial charge in [-0.15, -0.1) is 0 Å². The van der Waals surface area contributed by atoms with Crippen LogP contribution in [0.3, 0.4) is 0 Å². The molecule has 1 atom stereocenters. The molecule has 1 saturated heterocycles. The van der Waals surface area contributed by atoms with Crippen molar-refractivity contribution < 1.29 is 32.6 Å². The van der Waals surface area contributed by atoms with Gasteiger partial charge in [-0.05, 0) is 74.4 Å². The second-order valence-corrected chi connectivity index (χ2v) is 8.46. The Morgan fingerprint density at radius 3 is 2.23 bits per heavy atom. The number of carbonyl (C=O) groups is 2. The molecule has 0 bridgehead atoms. The van der Waals surface area contributed by atoms with E-state index in [0.717, 1.165) is 35.2 Å². The molecule has 5 nitrogen and oxygen atoms in total. The second-order valence-electron chi connectivity index (χ2n) is 8.46. The van der Waals surface area contributed by atoms with Gasteiger partial charge in [0.1, 0.15) is 29.0 Å². The number of benzene rings is 3. The van der Waals surface area contributed by atoms with E-state index in [2.05, 4.69) is 0 Å². The number of ether oxygens (including phenoxy) is 1. The van der Waals surface area contributed by atoms with Crippen LogP contribution in [-0.4, -0.2) is 22.9 Å². The van der Waals surface area contributed by atoms with E-state index in [1.165, 1.54) is 18.2 Å². The Bertz CT molecular complexity index is 1350. The molecule has 1 unspecified atom stereocenters. The third-order valence-electron chi connectivity index (χ3n) is 5.61. The first-order chi connectivity index (χ1) is 16.6. The Hall–Kier alpha value is -4.07. The Labute approximate surface area is 200 Å². The fourth-order valence-corrected chi connectivity index (χ4v) is 4.05. The molecule has 0 aromatic heterocycles. The summed E-state index contributed by atoms with van der Waals surface area (Å²) in [5, 5.41) is 11.2. The molecule has 1 heterocycles. The second kappa shape index (κ2) is 9.29. The van der Waals surface area contributed by atoms with E-state index in [1.54, 1.807) is 19.1 Å². The van der Waals surface area contributed by atoms with Crippen LogP contribution >= 0.6 is 0 Å². The van der Waals surface area contributed by atoms with E-state index in [0.29, 0.717) is 11.3 Å². The molecular weight excluding hydrogens is 459 g/mol. The van der Waals surface area contributed by atoms with Crippen molar-refractivity contribution in [1.29, 1.82) is 0 Å².